The third kappa shape index (κ3) is 2.79. The van der Waals surface area contributed by atoms with Crippen LogP contribution in [0.15, 0.2) is 27.5 Å². The number of aromatic amines is 1. The van der Waals surface area contributed by atoms with Crippen molar-refractivity contribution in [3.05, 3.63) is 38.9 Å². The van der Waals surface area contributed by atoms with E-state index >= 15 is 0 Å². The molecular formula is C13H15BrN2O2. The van der Waals surface area contributed by atoms with E-state index in [0.29, 0.717) is 23.1 Å². The SMILES string of the molecule is CC(C)(CO)Cc1nc2cc(Br)ccc2c(=O)[nH]1. The molecule has 0 radical (unpaired) electrons. The zero-order valence-electron chi connectivity index (χ0n) is 10.3. The highest BCUT2D eigenvalue weighted by molar-refractivity contribution is 9.10. The highest BCUT2D eigenvalue weighted by atomic mass is 79.9. The predicted molar refractivity (Wildman–Crippen MR) is 74.6 cm³/mol. The first-order valence-electron chi connectivity index (χ1n) is 5.71. The molecule has 0 amide bonds. The molecule has 2 rings (SSSR count). The van der Waals surface area contributed by atoms with Crippen molar-refractivity contribution in [3.8, 4) is 0 Å². The normalized spacial score (nSPS) is 12.0. The van der Waals surface area contributed by atoms with Crippen LogP contribution in [-0.4, -0.2) is 21.7 Å². The van der Waals surface area contributed by atoms with Crippen LogP contribution < -0.4 is 5.56 Å². The first-order valence-corrected chi connectivity index (χ1v) is 6.50. The molecule has 0 aliphatic heterocycles. The summed E-state index contributed by atoms with van der Waals surface area (Å²) < 4.78 is 0.889. The lowest BCUT2D eigenvalue weighted by Crippen LogP contribution is -2.23. The Bertz CT molecular complexity index is 634. The summed E-state index contributed by atoms with van der Waals surface area (Å²) in [5, 5.41) is 9.83. The molecule has 1 heterocycles. The van der Waals surface area contributed by atoms with Gasteiger partial charge in [-0.05, 0) is 23.6 Å². The lowest BCUT2D eigenvalue weighted by Gasteiger charge is -2.20. The minimum atomic E-state index is -0.296. The second-order valence-electron chi connectivity index (χ2n) is 5.17. The second-order valence-corrected chi connectivity index (χ2v) is 6.09. The van der Waals surface area contributed by atoms with Crippen LogP contribution in [0.2, 0.25) is 0 Å². The molecule has 2 aromatic rings. The Morgan fingerprint density at radius 1 is 1.44 bits per heavy atom. The fraction of sp³-hybridized carbons (Fsp3) is 0.385. The van der Waals surface area contributed by atoms with Gasteiger partial charge in [-0.1, -0.05) is 29.8 Å². The van der Waals surface area contributed by atoms with Crippen molar-refractivity contribution >= 4 is 26.8 Å². The van der Waals surface area contributed by atoms with E-state index in [1.807, 2.05) is 26.0 Å². The van der Waals surface area contributed by atoms with Crippen LogP contribution in [0, 0.1) is 5.41 Å². The molecule has 0 fully saturated rings. The summed E-state index contributed by atoms with van der Waals surface area (Å²) >= 11 is 3.36. The molecule has 4 nitrogen and oxygen atoms in total. The predicted octanol–water partition coefficient (Wildman–Crippen LogP) is 2.25. The number of aliphatic hydroxyl groups is 1. The van der Waals surface area contributed by atoms with Gasteiger partial charge in [-0.3, -0.25) is 4.79 Å². The first kappa shape index (κ1) is 13.2. The van der Waals surface area contributed by atoms with Crippen LogP contribution in [0.5, 0.6) is 0 Å². The van der Waals surface area contributed by atoms with E-state index < -0.39 is 0 Å². The minimum Gasteiger partial charge on any atom is -0.396 e. The minimum absolute atomic E-state index is 0.0488. The highest BCUT2D eigenvalue weighted by Crippen LogP contribution is 2.20. The summed E-state index contributed by atoms with van der Waals surface area (Å²) in [6, 6.07) is 5.38. The molecule has 5 heteroatoms. The third-order valence-electron chi connectivity index (χ3n) is 2.79. The van der Waals surface area contributed by atoms with E-state index in [2.05, 4.69) is 25.9 Å². The summed E-state index contributed by atoms with van der Waals surface area (Å²) in [5.74, 6) is 0.602. The number of hydrogen-bond acceptors (Lipinski definition) is 3. The van der Waals surface area contributed by atoms with Gasteiger partial charge in [0.05, 0.1) is 10.9 Å². The van der Waals surface area contributed by atoms with Gasteiger partial charge in [-0.2, -0.15) is 0 Å². The molecule has 0 unspecified atom stereocenters. The molecular weight excluding hydrogens is 296 g/mol. The Morgan fingerprint density at radius 3 is 2.83 bits per heavy atom. The Labute approximate surface area is 113 Å². The Morgan fingerprint density at radius 2 is 2.17 bits per heavy atom. The Kier molecular flexibility index (Phi) is 3.54. The average molecular weight is 311 g/mol. The molecule has 0 spiro atoms. The lowest BCUT2D eigenvalue weighted by molar-refractivity contribution is 0.157. The summed E-state index contributed by atoms with van der Waals surface area (Å²) in [7, 11) is 0. The van der Waals surface area contributed by atoms with Crippen LogP contribution in [0.1, 0.15) is 19.7 Å². The van der Waals surface area contributed by atoms with Gasteiger partial charge >= 0.3 is 0 Å². The number of halogens is 1. The second kappa shape index (κ2) is 4.82. The molecule has 18 heavy (non-hydrogen) atoms. The van der Waals surface area contributed by atoms with Crippen LogP contribution in [0.4, 0.5) is 0 Å². The quantitative estimate of drug-likeness (QED) is 0.913. The van der Waals surface area contributed by atoms with Gasteiger partial charge in [-0.15, -0.1) is 0 Å². The number of hydrogen-bond donors (Lipinski definition) is 2. The maximum Gasteiger partial charge on any atom is 0.258 e. The van der Waals surface area contributed by atoms with Crippen molar-refractivity contribution < 1.29 is 5.11 Å². The van der Waals surface area contributed by atoms with Crippen molar-refractivity contribution in [3.63, 3.8) is 0 Å². The van der Waals surface area contributed by atoms with Crippen LogP contribution >= 0.6 is 15.9 Å². The van der Waals surface area contributed by atoms with Gasteiger partial charge in [0.2, 0.25) is 0 Å². The highest BCUT2D eigenvalue weighted by Gasteiger charge is 2.19. The largest absolute Gasteiger partial charge is 0.396 e. The van der Waals surface area contributed by atoms with Crippen molar-refractivity contribution in [2.75, 3.05) is 6.61 Å². The summed E-state index contributed by atoms with van der Waals surface area (Å²) in [6.45, 7) is 3.91. The van der Waals surface area contributed by atoms with Gasteiger partial charge in [0.25, 0.3) is 5.56 Å². The van der Waals surface area contributed by atoms with E-state index in [9.17, 15) is 9.90 Å². The number of rotatable bonds is 3. The fourth-order valence-electron chi connectivity index (χ4n) is 1.75. The molecule has 0 atom stereocenters. The number of aliphatic hydroxyl groups excluding tert-OH is 1. The van der Waals surface area contributed by atoms with E-state index in [1.165, 1.54) is 0 Å². The average Bonchev–Trinajstić information content (AvgIpc) is 2.27. The van der Waals surface area contributed by atoms with Gasteiger partial charge in [-0.25, -0.2) is 4.98 Å². The number of aromatic nitrogens is 2. The molecule has 1 aromatic heterocycles. The van der Waals surface area contributed by atoms with Crippen LogP contribution in [0.25, 0.3) is 10.9 Å². The van der Waals surface area contributed by atoms with Crippen molar-refractivity contribution in [2.24, 2.45) is 5.41 Å². The Hall–Kier alpha value is -1.20. The smallest absolute Gasteiger partial charge is 0.258 e. The van der Waals surface area contributed by atoms with Crippen molar-refractivity contribution in [1.82, 2.24) is 9.97 Å². The number of nitrogens with zero attached hydrogens (tertiary/aromatic N) is 1. The van der Waals surface area contributed by atoms with Gasteiger partial charge in [0.1, 0.15) is 5.82 Å². The maximum absolute atomic E-state index is 11.9. The topological polar surface area (TPSA) is 66.0 Å². The van der Waals surface area contributed by atoms with Gasteiger partial charge in [0, 0.05) is 17.5 Å². The molecule has 96 valence electrons. The first-order chi connectivity index (χ1) is 8.41. The zero-order chi connectivity index (χ0) is 13.3. The van der Waals surface area contributed by atoms with E-state index in [-0.39, 0.29) is 17.6 Å². The van der Waals surface area contributed by atoms with Crippen molar-refractivity contribution in [2.45, 2.75) is 20.3 Å². The monoisotopic (exact) mass is 310 g/mol. The standard InChI is InChI=1S/C13H15BrN2O2/c1-13(2,7-17)6-11-15-10-5-8(14)3-4-9(10)12(18)16-11/h3-5,17H,6-7H2,1-2H3,(H,15,16,18). The number of H-pyrrole nitrogens is 1. The van der Waals surface area contributed by atoms with E-state index in [1.54, 1.807) is 6.07 Å². The molecule has 2 N–H and O–H groups in total. The number of fused-ring (bicyclic) bond motifs is 1. The van der Waals surface area contributed by atoms with E-state index in [4.69, 9.17) is 0 Å². The molecule has 0 bridgehead atoms. The summed E-state index contributed by atoms with van der Waals surface area (Å²) in [5.41, 5.74) is 0.225. The zero-order valence-corrected chi connectivity index (χ0v) is 11.9. The van der Waals surface area contributed by atoms with Crippen molar-refractivity contribution in [1.29, 1.82) is 0 Å². The molecule has 0 aliphatic rings. The van der Waals surface area contributed by atoms with Gasteiger partial charge < -0.3 is 10.1 Å². The van der Waals surface area contributed by atoms with Crippen LogP contribution in [0.3, 0.4) is 0 Å². The Balaban J connectivity index is 2.51. The van der Waals surface area contributed by atoms with Gasteiger partial charge in [0.15, 0.2) is 0 Å². The number of nitrogens with one attached hydrogen (secondary N) is 1. The molecule has 1 aromatic carbocycles. The summed E-state index contributed by atoms with van der Waals surface area (Å²) in [6.07, 6.45) is 0.529. The number of benzene rings is 1. The lowest BCUT2D eigenvalue weighted by atomic mass is 9.90. The summed E-state index contributed by atoms with van der Waals surface area (Å²) in [4.78, 5) is 19.1. The molecule has 0 saturated carbocycles. The van der Waals surface area contributed by atoms with E-state index in [0.717, 1.165) is 4.47 Å². The molecule has 0 saturated heterocycles. The molecule has 0 aliphatic carbocycles. The third-order valence-corrected chi connectivity index (χ3v) is 3.28. The van der Waals surface area contributed by atoms with Crippen LogP contribution in [-0.2, 0) is 6.42 Å². The fourth-order valence-corrected chi connectivity index (χ4v) is 2.10. The maximum atomic E-state index is 11.9.